The van der Waals surface area contributed by atoms with Gasteiger partial charge in [-0.15, -0.1) is 0 Å². The fourth-order valence-electron chi connectivity index (χ4n) is 4.90. The smallest absolute Gasteiger partial charge is 0.416 e. The van der Waals surface area contributed by atoms with Crippen molar-refractivity contribution in [3.63, 3.8) is 0 Å². The molecule has 15 heteroatoms. The lowest BCUT2D eigenvalue weighted by Crippen LogP contribution is -2.32. The van der Waals surface area contributed by atoms with Crippen molar-refractivity contribution in [3.05, 3.63) is 88.0 Å². The number of carbonyl (C=O) groups is 2. The van der Waals surface area contributed by atoms with E-state index in [2.05, 4.69) is 0 Å². The summed E-state index contributed by atoms with van der Waals surface area (Å²) in [6, 6.07) is 6.35. The number of alkyl halides is 9. The number of nitrogens with zero attached hydrogens (tertiary/aromatic N) is 1. The van der Waals surface area contributed by atoms with Crippen LogP contribution in [-0.4, -0.2) is 35.2 Å². The lowest BCUT2D eigenvalue weighted by Gasteiger charge is -2.24. The topological polar surface area (TPSA) is 76.1 Å². The number of methoxy groups -OCH3 is 1. The third-order valence-corrected chi connectivity index (χ3v) is 7.01. The number of ether oxygens (including phenoxy) is 2. The van der Waals surface area contributed by atoms with Gasteiger partial charge >= 0.3 is 30.6 Å². The number of amides is 1. The first-order chi connectivity index (χ1) is 20.3. The standard InChI is InChI=1S/C29H22F9NO5/c1-14-25(16-9-19(28(33,34)35)12-20(10-16)29(36,37)38)44-26(42)39(14)13-17-11-18(27(30,31)32)4-5-21(17)22-7-15(8-24(40)41)3-6-23(22)43-2/h3-7,9-12,14,25H,8,13H2,1-2H3,(H,40,41)/t14-,25-/m0/s1. The van der Waals surface area contributed by atoms with Gasteiger partial charge in [0.15, 0.2) is 0 Å². The molecule has 6 nitrogen and oxygen atoms in total. The molecule has 0 unspecified atom stereocenters. The number of halogens is 9. The summed E-state index contributed by atoms with van der Waals surface area (Å²) in [4.78, 5) is 25.0. The van der Waals surface area contributed by atoms with Crippen molar-refractivity contribution in [1.82, 2.24) is 4.90 Å². The van der Waals surface area contributed by atoms with Crippen molar-refractivity contribution < 1.29 is 63.7 Å². The minimum atomic E-state index is -5.16. The maximum absolute atomic E-state index is 13.7. The molecule has 1 fully saturated rings. The normalized spacial score (nSPS) is 17.5. The number of carboxylic acid groups (broad SMARTS) is 1. The monoisotopic (exact) mass is 635 g/mol. The molecule has 0 aromatic heterocycles. The zero-order valence-electron chi connectivity index (χ0n) is 22.7. The van der Waals surface area contributed by atoms with Crippen LogP contribution in [0.5, 0.6) is 5.75 Å². The van der Waals surface area contributed by atoms with E-state index in [0.29, 0.717) is 12.1 Å². The molecule has 1 saturated heterocycles. The second kappa shape index (κ2) is 11.6. The Kier molecular flexibility index (Phi) is 8.55. The van der Waals surface area contributed by atoms with Crippen LogP contribution in [-0.2, 0) is 41.0 Å². The molecule has 1 aliphatic heterocycles. The number of aliphatic carboxylic acids is 1. The first-order valence-electron chi connectivity index (χ1n) is 12.7. The van der Waals surface area contributed by atoms with Crippen LogP contribution in [0.4, 0.5) is 44.3 Å². The molecule has 0 spiro atoms. The van der Waals surface area contributed by atoms with Gasteiger partial charge < -0.3 is 14.6 Å². The lowest BCUT2D eigenvalue weighted by molar-refractivity contribution is -0.143. The van der Waals surface area contributed by atoms with E-state index in [1.54, 1.807) is 0 Å². The Hall–Kier alpha value is -4.43. The van der Waals surface area contributed by atoms with Gasteiger partial charge in [0.05, 0.1) is 42.8 Å². The van der Waals surface area contributed by atoms with Crippen molar-refractivity contribution >= 4 is 12.1 Å². The van der Waals surface area contributed by atoms with E-state index >= 15 is 0 Å². The predicted molar refractivity (Wildman–Crippen MR) is 135 cm³/mol. The van der Waals surface area contributed by atoms with Gasteiger partial charge in [-0.05, 0) is 71.6 Å². The molecule has 1 N–H and O–H groups in total. The van der Waals surface area contributed by atoms with Crippen LogP contribution < -0.4 is 4.74 Å². The number of hydrogen-bond donors (Lipinski definition) is 1. The van der Waals surface area contributed by atoms with Crippen molar-refractivity contribution in [1.29, 1.82) is 0 Å². The highest BCUT2D eigenvalue weighted by Gasteiger charge is 2.44. The van der Waals surface area contributed by atoms with E-state index in [-0.39, 0.29) is 34.1 Å². The minimum Gasteiger partial charge on any atom is -0.496 e. The van der Waals surface area contributed by atoms with Gasteiger partial charge in [0, 0.05) is 5.56 Å². The van der Waals surface area contributed by atoms with E-state index < -0.39 is 78.0 Å². The van der Waals surface area contributed by atoms with Gasteiger partial charge in [-0.3, -0.25) is 9.69 Å². The molecule has 0 bridgehead atoms. The molecule has 0 saturated carbocycles. The van der Waals surface area contributed by atoms with Crippen LogP contribution in [0.2, 0.25) is 0 Å². The van der Waals surface area contributed by atoms with Crippen LogP contribution in [0.3, 0.4) is 0 Å². The van der Waals surface area contributed by atoms with Gasteiger partial charge in [0.2, 0.25) is 0 Å². The van der Waals surface area contributed by atoms with Crippen LogP contribution in [0.15, 0.2) is 54.6 Å². The third-order valence-electron chi connectivity index (χ3n) is 7.01. The number of carboxylic acids is 1. The fourth-order valence-corrected chi connectivity index (χ4v) is 4.90. The van der Waals surface area contributed by atoms with Crippen molar-refractivity contribution in [2.75, 3.05) is 7.11 Å². The van der Waals surface area contributed by atoms with Gasteiger partial charge in [0.1, 0.15) is 11.9 Å². The molecule has 3 aromatic rings. The Morgan fingerprint density at radius 3 is 1.95 bits per heavy atom. The lowest BCUT2D eigenvalue weighted by atomic mass is 9.93. The number of benzene rings is 3. The van der Waals surface area contributed by atoms with Crippen molar-refractivity contribution in [2.45, 2.75) is 50.6 Å². The zero-order chi connectivity index (χ0) is 32.8. The molecule has 4 rings (SSSR count). The molecule has 3 aromatic carbocycles. The van der Waals surface area contributed by atoms with Gasteiger partial charge in [-0.25, -0.2) is 4.79 Å². The second-order valence-corrected chi connectivity index (χ2v) is 9.99. The highest BCUT2D eigenvalue weighted by Crippen LogP contribution is 2.43. The number of hydrogen-bond acceptors (Lipinski definition) is 4. The Morgan fingerprint density at radius 2 is 1.43 bits per heavy atom. The van der Waals surface area contributed by atoms with Crippen molar-refractivity contribution in [3.8, 4) is 16.9 Å². The van der Waals surface area contributed by atoms with E-state index in [9.17, 15) is 54.2 Å². The summed E-state index contributed by atoms with van der Waals surface area (Å²) in [5, 5.41) is 9.19. The highest BCUT2D eigenvalue weighted by atomic mass is 19.4. The molecule has 1 aliphatic rings. The predicted octanol–water partition coefficient (Wildman–Crippen LogP) is 8.13. The summed E-state index contributed by atoms with van der Waals surface area (Å²) in [5.74, 6) is -1.03. The summed E-state index contributed by atoms with van der Waals surface area (Å²) in [5.41, 5.74) is -4.55. The summed E-state index contributed by atoms with van der Waals surface area (Å²) < 4.78 is 132. The highest BCUT2D eigenvalue weighted by molar-refractivity contribution is 5.78. The van der Waals surface area contributed by atoms with E-state index in [4.69, 9.17) is 9.47 Å². The fraction of sp³-hybridized carbons (Fsp3) is 0.310. The molecule has 44 heavy (non-hydrogen) atoms. The first kappa shape index (κ1) is 32.5. The Morgan fingerprint density at radius 1 is 0.841 bits per heavy atom. The summed E-state index contributed by atoms with van der Waals surface area (Å²) in [7, 11) is 1.27. The largest absolute Gasteiger partial charge is 0.496 e. The average molecular weight is 635 g/mol. The van der Waals surface area contributed by atoms with Crippen LogP contribution >= 0.6 is 0 Å². The van der Waals surface area contributed by atoms with Crippen LogP contribution in [0.25, 0.3) is 11.1 Å². The Bertz CT molecular complexity index is 1550. The van der Waals surface area contributed by atoms with Crippen LogP contribution in [0.1, 0.15) is 46.4 Å². The van der Waals surface area contributed by atoms with Crippen LogP contribution in [0, 0.1) is 0 Å². The van der Waals surface area contributed by atoms with E-state index in [1.165, 1.54) is 32.2 Å². The van der Waals surface area contributed by atoms with Gasteiger partial charge in [-0.1, -0.05) is 12.1 Å². The van der Waals surface area contributed by atoms with Gasteiger partial charge in [0.25, 0.3) is 0 Å². The maximum atomic E-state index is 13.7. The Balaban J connectivity index is 1.79. The average Bonchev–Trinajstić information content (AvgIpc) is 3.19. The third kappa shape index (κ3) is 6.86. The minimum absolute atomic E-state index is 0.0799. The molecule has 1 amide bonds. The molecule has 0 radical (unpaired) electrons. The number of cyclic esters (lactones) is 1. The molecule has 1 heterocycles. The number of carbonyl (C=O) groups excluding carboxylic acids is 1. The summed E-state index contributed by atoms with van der Waals surface area (Å²) >= 11 is 0. The van der Waals surface area contributed by atoms with Gasteiger partial charge in [-0.2, -0.15) is 39.5 Å². The molecular formula is C29H22F9NO5. The SMILES string of the molecule is COc1ccc(CC(=O)O)cc1-c1ccc(C(F)(F)F)cc1CN1C(=O)O[C@H](c2cc(C(F)(F)F)cc(C(F)(F)F)c2)[C@@H]1C. The number of rotatable bonds is 7. The van der Waals surface area contributed by atoms with E-state index in [1.807, 2.05) is 0 Å². The maximum Gasteiger partial charge on any atom is 0.416 e. The quantitative estimate of drug-likeness (QED) is 0.266. The molecule has 236 valence electrons. The summed E-state index contributed by atoms with van der Waals surface area (Å²) in [6.07, 6.45) is -18.4. The molecule has 2 atom stereocenters. The second-order valence-electron chi connectivity index (χ2n) is 9.99. The molecular weight excluding hydrogens is 613 g/mol. The first-order valence-corrected chi connectivity index (χ1v) is 12.7. The zero-order valence-corrected chi connectivity index (χ0v) is 22.7. The summed E-state index contributed by atoms with van der Waals surface area (Å²) in [6.45, 7) is 0.664. The molecule has 0 aliphatic carbocycles. The van der Waals surface area contributed by atoms with Crippen molar-refractivity contribution in [2.24, 2.45) is 0 Å². The Labute approximate surface area is 243 Å². The van der Waals surface area contributed by atoms with E-state index in [0.717, 1.165) is 23.1 Å².